The topological polar surface area (TPSA) is 80.2 Å². The molecular formula is C10H19N5. The van der Waals surface area contributed by atoms with E-state index < -0.39 is 0 Å². The van der Waals surface area contributed by atoms with Crippen LogP contribution in [-0.2, 0) is 0 Å². The Balaban J connectivity index is 2.55. The number of nitrogens with two attached hydrogens (primary N) is 2. The first-order chi connectivity index (χ1) is 7.00. The van der Waals surface area contributed by atoms with Gasteiger partial charge < -0.3 is 21.7 Å². The van der Waals surface area contributed by atoms with Gasteiger partial charge in [-0.25, -0.2) is 4.98 Å². The third-order valence-corrected chi connectivity index (χ3v) is 2.42. The van der Waals surface area contributed by atoms with Gasteiger partial charge in [0, 0.05) is 12.6 Å². The molecule has 0 aliphatic heterocycles. The van der Waals surface area contributed by atoms with Crippen molar-refractivity contribution < 1.29 is 0 Å². The maximum absolute atomic E-state index is 5.60. The summed E-state index contributed by atoms with van der Waals surface area (Å²) in [5, 5.41) is 3.21. The first kappa shape index (κ1) is 11.6. The van der Waals surface area contributed by atoms with Crippen LogP contribution in [0.15, 0.2) is 12.1 Å². The predicted octanol–water partition coefficient (Wildman–Crippen LogP) is 0.608. The third kappa shape index (κ3) is 3.28. The summed E-state index contributed by atoms with van der Waals surface area (Å²) in [5.74, 6) is 1.13. The molecule has 5 heteroatoms. The van der Waals surface area contributed by atoms with Crippen LogP contribution in [0.25, 0.3) is 0 Å². The molecule has 1 heterocycles. The number of nitrogens with one attached hydrogen (secondary N) is 1. The Morgan fingerprint density at radius 3 is 2.60 bits per heavy atom. The second kappa shape index (κ2) is 4.84. The van der Waals surface area contributed by atoms with Gasteiger partial charge in [-0.1, -0.05) is 0 Å². The van der Waals surface area contributed by atoms with Crippen molar-refractivity contribution in [2.45, 2.75) is 13.0 Å². The van der Waals surface area contributed by atoms with E-state index in [4.69, 9.17) is 11.5 Å². The second-order valence-electron chi connectivity index (χ2n) is 3.86. The van der Waals surface area contributed by atoms with Crippen LogP contribution in [0.1, 0.15) is 6.92 Å². The van der Waals surface area contributed by atoms with E-state index in [1.165, 1.54) is 0 Å². The molecule has 0 amide bonds. The highest BCUT2D eigenvalue weighted by Gasteiger charge is 2.04. The van der Waals surface area contributed by atoms with Gasteiger partial charge in [-0.2, -0.15) is 0 Å². The summed E-state index contributed by atoms with van der Waals surface area (Å²) in [7, 11) is 4.08. The number of anilines is 3. The van der Waals surface area contributed by atoms with Crippen molar-refractivity contribution in [3.05, 3.63) is 12.1 Å². The molecule has 0 spiro atoms. The van der Waals surface area contributed by atoms with Crippen molar-refractivity contribution in [3.8, 4) is 0 Å². The van der Waals surface area contributed by atoms with Gasteiger partial charge >= 0.3 is 0 Å². The van der Waals surface area contributed by atoms with E-state index in [9.17, 15) is 0 Å². The molecule has 0 bridgehead atoms. The highest BCUT2D eigenvalue weighted by molar-refractivity contribution is 5.61. The number of nitrogens with zero attached hydrogens (tertiary/aromatic N) is 2. The summed E-state index contributed by atoms with van der Waals surface area (Å²) in [4.78, 5) is 6.26. The molecule has 0 fully saturated rings. The van der Waals surface area contributed by atoms with Crippen molar-refractivity contribution in [3.63, 3.8) is 0 Å². The largest absolute Gasteiger partial charge is 0.396 e. The Hall–Kier alpha value is -1.49. The molecule has 1 aromatic heterocycles. The van der Waals surface area contributed by atoms with Crippen LogP contribution >= 0.6 is 0 Å². The van der Waals surface area contributed by atoms with E-state index in [1.54, 1.807) is 6.07 Å². The number of rotatable bonds is 4. The van der Waals surface area contributed by atoms with E-state index in [2.05, 4.69) is 22.1 Å². The first-order valence-electron chi connectivity index (χ1n) is 4.93. The minimum Gasteiger partial charge on any atom is -0.396 e. The van der Waals surface area contributed by atoms with Crippen LogP contribution in [0.2, 0.25) is 0 Å². The van der Waals surface area contributed by atoms with Gasteiger partial charge in [0.15, 0.2) is 0 Å². The summed E-state index contributed by atoms with van der Waals surface area (Å²) in [6.07, 6.45) is 0. The SMILES string of the molecule is CC(CNc1ccc(N)c(N)n1)N(C)C. The van der Waals surface area contributed by atoms with Crippen molar-refractivity contribution in [1.82, 2.24) is 9.88 Å². The molecule has 15 heavy (non-hydrogen) atoms. The summed E-state index contributed by atoms with van der Waals surface area (Å²) < 4.78 is 0. The Bertz CT molecular complexity index is 324. The zero-order chi connectivity index (χ0) is 11.4. The van der Waals surface area contributed by atoms with Gasteiger partial charge in [-0.3, -0.25) is 0 Å². The molecule has 0 radical (unpaired) electrons. The number of likely N-dealkylation sites (N-methyl/N-ethyl adjacent to an activating group) is 1. The molecule has 0 aliphatic rings. The molecule has 0 saturated heterocycles. The van der Waals surface area contributed by atoms with Gasteiger partial charge in [0.2, 0.25) is 0 Å². The summed E-state index contributed by atoms with van der Waals surface area (Å²) in [6.45, 7) is 2.96. The lowest BCUT2D eigenvalue weighted by atomic mass is 10.3. The number of hydrogen-bond acceptors (Lipinski definition) is 5. The molecule has 0 aromatic carbocycles. The van der Waals surface area contributed by atoms with E-state index >= 15 is 0 Å². The fraction of sp³-hybridized carbons (Fsp3) is 0.500. The van der Waals surface area contributed by atoms with Gasteiger partial charge in [-0.15, -0.1) is 0 Å². The van der Waals surface area contributed by atoms with E-state index in [0.717, 1.165) is 12.4 Å². The molecule has 84 valence electrons. The standard InChI is InChI=1S/C10H19N5/c1-7(15(2)3)6-13-9-5-4-8(11)10(12)14-9/h4-5,7H,6,11H2,1-3H3,(H3,12,13,14). The van der Waals surface area contributed by atoms with Gasteiger partial charge in [0.05, 0.1) is 5.69 Å². The average molecular weight is 209 g/mol. The van der Waals surface area contributed by atoms with Crippen LogP contribution in [0.3, 0.4) is 0 Å². The minimum absolute atomic E-state index is 0.373. The van der Waals surface area contributed by atoms with Crippen LogP contribution < -0.4 is 16.8 Å². The molecule has 0 saturated carbocycles. The minimum atomic E-state index is 0.373. The Morgan fingerprint density at radius 1 is 1.40 bits per heavy atom. The molecule has 1 unspecified atom stereocenters. The fourth-order valence-electron chi connectivity index (χ4n) is 1.02. The number of nitrogen functional groups attached to an aromatic ring is 2. The second-order valence-corrected chi connectivity index (χ2v) is 3.86. The fourth-order valence-corrected chi connectivity index (χ4v) is 1.02. The molecule has 5 N–H and O–H groups in total. The van der Waals surface area contributed by atoms with Crippen molar-refractivity contribution in [1.29, 1.82) is 0 Å². The Labute approximate surface area is 90.5 Å². The molecular weight excluding hydrogens is 190 g/mol. The van der Waals surface area contributed by atoms with E-state index in [0.29, 0.717) is 17.5 Å². The number of pyridine rings is 1. The summed E-state index contributed by atoms with van der Waals surface area (Å²) in [6, 6.07) is 4.02. The average Bonchev–Trinajstić information content (AvgIpc) is 2.19. The highest BCUT2D eigenvalue weighted by Crippen LogP contribution is 2.14. The number of hydrogen-bond donors (Lipinski definition) is 3. The smallest absolute Gasteiger partial charge is 0.149 e. The van der Waals surface area contributed by atoms with Crippen molar-refractivity contribution >= 4 is 17.3 Å². The quantitative estimate of drug-likeness (QED) is 0.677. The van der Waals surface area contributed by atoms with E-state index in [-0.39, 0.29) is 0 Å². The van der Waals surface area contributed by atoms with Crippen molar-refractivity contribution in [2.75, 3.05) is 37.4 Å². The Morgan fingerprint density at radius 2 is 2.07 bits per heavy atom. The Kier molecular flexibility index (Phi) is 3.74. The van der Waals surface area contributed by atoms with Gasteiger partial charge in [0.1, 0.15) is 11.6 Å². The van der Waals surface area contributed by atoms with Gasteiger partial charge in [0.25, 0.3) is 0 Å². The lowest BCUT2D eigenvalue weighted by Crippen LogP contribution is -2.31. The normalized spacial score (nSPS) is 12.8. The molecule has 5 nitrogen and oxygen atoms in total. The van der Waals surface area contributed by atoms with Crippen LogP contribution in [0, 0.1) is 0 Å². The van der Waals surface area contributed by atoms with Crippen LogP contribution in [0.4, 0.5) is 17.3 Å². The molecule has 1 aromatic rings. The maximum Gasteiger partial charge on any atom is 0.149 e. The summed E-state index contributed by atoms with van der Waals surface area (Å²) >= 11 is 0. The monoisotopic (exact) mass is 209 g/mol. The predicted molar refractivity (Wildman–Crippen MR) is 64.7 cm³/mol. The van der Waals surface area contributed by atoms with Gasteiger partial charge in [-0.05, 0) is 33.2 Å². The zero-order valence-electron chi connectivity index (χ0n) is 9.49. The molecule has 1 rings (SSSR count). The van der Waals surface area contributed by atoms with Crippen molar-refractivity contribution in [2.24, 2.45) is 0 Å². The van der Waals surface area contributed by atoms with Crippen LogP contribution in [-0.4, -0.2) is 36.6 Å². The zero-order valence-corrected chi connectivity index (χ0v) is 9.49. The number of aromatic nitrogens is 1. The lowest BCUT2D eigenvalue weighted by Gasteiger charge is -2.20. The molecule has 0 aliphatic carbocycles. The maximum atomic E-state index is 5.60. The first-order valence-corrected chi connectivity index (χ1v) is 4.93. The lowest BCUT2D eigenvalue weighted by molar-refractivity contribution is 0.326. The highest BCUT2D eigenvalue weighted by atomic mass is 15.1. The molecule has 1 atom stereocenters. The third-order valence-electron chi connectivity index (χ3n) is 2.42. The van der Waals surface area contributed by atoms with Crippen LogP contribution in [0.5, 0.6) is 0 Å². The van der Waals surface area contributed by atoms with E-state index in [1.807, 2.05) is 20.2 Å². The summed E-state index contributed by atoms with van der Waals surface area (Å²) in [5.41, 5.74) is 11.7.